The van der Waals surface area contributed by atoms with E-state index in [9.17, 15) is 15.3 Å². The van der Waals surface area contributed by atoms with Gasteiger partial charge < -0.3 is 15.3 Å². The molecule has 3 heteroatoms. The summed E-state index contributed by atoms with van der Waals surface area (Å²) in [5.74, 6) is 3.78. The highest BCUT2D eigenvalue weighted by Gasteiger charge is 2.59. The summed E-state index contributed by atoms with van der Waals surface area (Å²) in [4.78, 5) is 0. The van der Waals surface area contributed by atoms with E-state index < -0.39 is 11.7 Å². The Hall–Kier alpha value is -0.380. The van der Waals surface area contributed by atoms with Crippen LogP contribution in [-0.2, 0) is 0 Å². The van der Waals surface area contributed by atoms with Gasteiger partial charge in [0.2, 0.25) is 0 Å². The van der Waals surface area contributed by atoms with Gasteiger partial charge in [-0.1, -0.05) is 32.4 Å². The standard InChI is InChI=1S/C27H46O3/c1-17(6-11-24(29)25(2,3)30)21-9-10-22-20-8-7-18-16-19(28)12-14-26(18,4)23(20)13-15-27(21,22)5/h7,17,19-24,28-30H,6,8-16H2,1-5H3/t17-,19?,20+,21-,22+,23+,24?,26+,27-/m1/s1. The first-order chi connectivity index (χ1) is 14.0. The number of aliphatic hydroxyl groups excluding tert-OH is 2. The molecule has 3 N–H and O–H groups in total. The Kier molecular flexibility index (Phi) is 5.99. The lowest BCUT2D eigenvalue weighted by Crippen LogP contribution is -2.50. The van der Waals surface area contributed by atoms with Crippen molar-refractivity contribution in [3.8, 4) is 0 Å². The predicted molar refractivity (Wildman–Crippen MR) is 122 cm³/mol. The lowest BCUT2D eigenvalue weighted by molar-refractivity contribution is -0.0656. The van der Waals surface area contributed by atoms with Gasteiger partial charge in [0.1, 0.15) is 0 Å². The van der Waals surface area contributed by atoms with Crippen molar-refractivity contribution < 1.29 is 15.3 Å². The molecule has 3 saturated carbocycles. The molecule has 4 aliphatic rings. The van der Waals surface area contributed by atoms with Crippen LogP contribution in [0.5, 0.6) is 0 Å². The van der Waals surface area contributed by atoms with Gasteiger partial charge in [0.15, 0.2) is 0 Å². The molecule has 0 bridgehead atoms. The molecule has 2 unspecified atom stereocenters. The summed E-state index contributed by atoms with van der Waals surface area (Å²) in [5, 5.41) is 30.6. The first kappa shape index (κ1) is 22.8. The third kappa shape index (κ3) is 3.71. The van der Waals surface area contributed by atoms with Crippen LogP contribution in [0.4, 0.5) is 0 Å². The van der Waals surface area contributed by atoms with E-state index >= 15 is 0 Å². The number of allylic oxidation sites excluding steroid dienone is 1. The van der Waals surface area contributed by atoms with Crippen molar-refractivity contribution in [2.45, 2.75) is 117 Å². The van der Waals surface area contributed by atoms with E-state index in [2.05, 4.69) is 26.8 Å². The van der Waals surface area contributed by atoms with Crippen LogP contribution in [-0.4, -0.2) is 33.1 Å². The number of hydrogen-bond acceptors (Lipinski definition) is 3. The van der Waals surface area contributed by atoms with Crippen LogP contribution >= 0.6 is 0 Å². The molecule has 0 saturated heterocycles. The van der Waals surface area contributed by atoms with Crippen molar-refractivity contribution >= 4 is 0 Å². The average molecular weight is 419 g/mol. The molecule has 0 aromatic heterocycles. The number of rotatable bonds is 5. The Morgan fingerprint density at radius 3 is 2.50 bits per heavy atom. The molecule has 172 valence electrons. The smallest absolute Gasteiger partial charge is 0.0849 e. The van der Waals surface area contributed by atoms with Crippen LogP contribution in [0.2, 0.25) is 0 Å². The zero-order valence-electron chi connectivity index (χ0n) is 20.0. The summed E-state index contributed by atoms with van der Waals surface area (Å²) in [7, 11) is 0. The predicted octanol–water partition coefficient (Wildman–Crippen LogP) is 5.47. The Labute approximate surface area is 184 Å². The largest absolute Gasteiger partial charge is 0.393 e. The molecule has 4 rings (SSSR count). The van der Waals surface area contributed by atoms with Crippen LogP contribution in [0.1, 0.15) is 98.8 Å². The second-order valence-corrected chi connectivity index (χ2v) is 12.6. The highest BCUT2D eigenvalue weighted by molar-refractivity contribution is 5.25. The molecular formula is C27H46O3. The van der Waals surface area contributed by atoms with E-state index in [1.165, 1.54) is 38.5 Å². The molecule has 30 heavy (non-hydrogen) atoms. The molecule has 0 aromatic carbocycles. The normalized spacial score (nSPS) is 45.7. The SMILES string of the molecule is C[C@H](CCC(O)C(C)(C)O)[C@H]1CC[C@H]2[C@@H]3CC=C4CC(O)CC[C@]4(C)[C@H]3CC[C@]12C. The molecule has 0 aromatic rings. The molecule has 0 heterocycles. The maximum atomic E-state index is 10.3. The molecule has 0 aliphatic heterocycles. The highest BCUT2D eigenvalue weighted by Crippen LogP contribution is 2.67. The van der Waals surface area contributed by atoms with Crippen molar-refractivity contribution in [3.05, 3.63) is 11.6 Å². The van der Waals surface area contributed by atoms with Gasteiger partial charge in [-0.15, -0.1) is 0 Å². The molecule has 9 atom stereocenters. The lowest BCUT2D eigenvalue weighted by atomic mass is 9.47. The monoisotopic (exact) mass is 418 g/mol. The first-order valence-corrected chi connectivity index (χ1v) is 12.7. The highest BCUT2D eigenvalue weighted by atomic mass is 16.3. The van der Waals surface area contributed by atoms with E-state index in [1.54, 1.807) is 19.4 Å². The van der Waals surface area contributed by atoms with Gasteiger partial charge >= 0.3 is 0 Å². The Balaban J connectivity index is 1.47. The fourth-order valence-corrected chi connectivity index (χ4v) is 8.59. The van der Waals surface area contributed by atoms with Gasteiger partial charge in [0.05, 0.1) is 17.8 Å². The molecule has 3 nitrogen and oxygen atoms in total. The maximum absolute atomic E-state index is 10.3. The number of hydrogen-bond donors (Lipinski definition) is 3. The molecular weight excluding hydrogens is 372 g/mol. The Morgan fingerprint density at radius 1 is 1.07 bits per heavy atom. The van der Waals surface area contributed by atoms with Crippen LogP contribution in [0.3, 0.4) is 0 Å². The van der Waals surface area contributed by atoms with E-state index in [4.69, 9.17) is 0 Å². The average Bonchev–Trinajstić information content (AvgIpc) is 3.03. The van der Waals surface area contributed by atoms with Crippen molar-refractivity contribution in [1.82, 2.24) is 0 Å². The van der Waals surface area contributed by atoms with E-state index in [-0.39, 0.29) is 6.10 Å². The third-order valence-electron chi connectivity index (χ3n) is 10.5. The van der Waals surface area contributed by atoms with Gasteiger partial charge in [-0.25, -0.2) is 0 Å². The Bertz CT molecular complexity index is 664. The van der Waals surface area contributed by atoms with Crippen molar-refractivity contribution in [2.24, 2.45) is 40.4 Å². The van der Waals surface area contributed by atoms with E-state index in [0.717, 1.165) is 42.9 Å². The van der Waals surface area contributed by atoms with Crippen LogP contribution in [0.25, 0.3) is 0 Å². The summed E-state index contributed by atoms with van der Waals surface area (Å²) in [5.41, 5.74) is 1.31. The van der Waals surface area contributed by atoms with Crippen molar-refractivity contribution in [2.75, 3.05) is 0 Å². The summed E-state index contributed by atoms with van der Waals surface area (Å²) in [6.45, 7) is 10.9. The minimum Gasteiger partial charge on any atom is -0.393 e. The summed E-state index contributed by atoms with van der Waals surface area (Å²) < 4.78 is 0. The number of fused-ring (bicyclic) bond motifs is 5. The second kappa shape index (κ2) is 7.89. The quantitative estimate of drug-likeness (QED) is 0.519. The molecule has 4 aliphatic carbocycles. The fraction of sp³-hybridized carbons (Fsp3) is 0.926. The second-order valence-electron chi connectivity index (χ2n) is 12.6. The zero-order valence-corrected chi connectivity index (χ0v) is 20.0. The van der Waals surface area contributed by atoms with Crippen molar-refractivity contribution in [1.29, 1.82) is 0 Å². The third-order valence-corrected chi connectivity index (χ3v) is 10.5. The zero-order chi connectivity index (χ0) is 21.9. The van der Waals surface area contributed by atoms with Crippen LogP contribution in [0, 0.1) is 40.4 Å². The van der Waals surface area contributed by atoms with Gasteiger partial charge in [-0.2, -0.15) is 0 Å². The minimum atomic E-state index is -1.00. The first-order valence-electron chi connectivity index (χ1n) is 12.7. The summed E-state index contributed by atoms with van der Waals surface area (Å²) >= 11 is 0. The van der Waals surface area contributed by atoms with Crippen LogP contribution in [0.15, 0.2) is 11.6 Å². The van der Waals surface area contributed by atoms with Gasteiger partial charge in [0, 0.05) is 0 Å². The Morgan fingerprint density at radius 2 is 1.80 bits per heavy atom. The number of aliphatic hydroxyl groups is 3. The fourth-order valence-electron chi connectivity index (χ4n) is 8.59. The van der Waals surface area contributed by atoms with Crippen LogP contribution < -0.4 is 0 Å². The maximum Gasteiger partial charge on any atom is 0.0849 e. The van der Waals surface area contributed by atoms with Gasteiger partial charge in [0.25, 0.3) is 0 Å². The van der Waals surface area contributed by atoms with E-state index in [1.807, 2.05) is 0 Å². The molecule has 0 radical (unpaired) electrons. The molecule has 3 fully saturated rings. The van der Waals surface area contributed by atoms with Crippen molar-refractivity contribution in [3.63, 3.8) is 0 Å². The topological polar surface area (TPSA) is 60.7 Å². The lowest BCUT2D eigenvalue weighted by Gasteiger charge is -2.58. The summed E-state index contributed by atoms with van der Waals surface area (Å²) in [6.07, 6.45) is 13.1. The minimum absolute atomic E-state index is 0.120. The summed E-state index contributed by atoms with van der Waals surface area (Å²) in [6, 6.07) is 0. The van der Waals surface area contributed by atoms with E-state index in [0.29, 0.717) is 23.2 Å². The van der Waals surface area contributed by atoms with Gasteiger partial charge in [-0.3, -0.25) is 0 Å². The molecule has 0 spiro atoms. The van der Waals surface area contributed by atoms with Gasteiger partial charge in [-0.05, 0) is 118 Å². The molecule has 0 amide bonds.